The molecular weight excluding hydrogens is 1230 g/mol. The Hall–Kier alpha value is -3.46. The molecule has 14 bridgehead atoms. The van der Waals surface area contributed by atoms with Crippen LogP contribution in [0.1, 0.15) is 0 Å². The molecule has 21 aliphatic heterocycles. The standard InChI is InChI=1S/C52H75NO37/c54-7-15-39-26(64)33(71)48(79-15)87-41-17(9-56)81-50(35(73)28(41)66)89-43-19(11-58)83-52(37(75)30(43)68)90-44-20(12-59)82-51(36(74)29(44)67)88-42-18(10-57)80-49(34(72)27(42)65)86-40-16(8-55)78-47(32(70)25(40)63)84-38-14(77-46(85-39)31(69)24(38)62)6-53-21-22(60)23(61)45(21)76-13-4-2-1-3-5-13/h1-5,14-20,24-44,46-59,62-75H,6-12H2/t14-,15-,16-,17-,18-,19-,20-,24-,25-,26-,27-,28-,29-,30-,31-,32-,33-,34-,35-,36-,37-,38-,39-,40-,41-,42-,43-,44-,46-,47-,48-,49-,50-,51-,52-/m1/s1. The van der Waals surface area contributed by atoms with Gasteiger partial charge in [0.05, 0.1) is 39.6 Å². The lowest BCUT2D eigenvalue weighted by atomic mass is 9.95. The smallest absolute Gasteiger partial charge is 0.272 e. The number of aliphatic hydroxyl groups is 20. The van der Waals surface area contributed by atoms with Crippen molar-refractivity contribution in [3.63, 3.8) is 0 Å². The molecule has 21 heterocycles. The predicted molar refractivity (Wildman–Crippen MR) is 278 cm³/mol. The molecule has 2 aromatic rings. The van der Waals surface area contributed by atoms with Gasteiger partial charge in [-0.2, -0.15) is 0 Å². The molecular formula is C52H75NO37. The van der Waals surface area contributed by atoms with E-state index in [1.54, 1.807) is 18.2 Å². The highest BCUT2D eigenvalue weighted by Crippen LogP contribution is 2.39. The number of para-hydroxylation sites is 1. The Bertz CT molecular complexity index is 2670. The zero-order valence-corrected chi connectivity index (χ0v) is 46.9. The maximum Gasteiger partial charge on any atom is 0.272 e. The molecule has 35 atom stereocenters. The molecule has 90 heavy (non-hydrogen) atoms. The lowest BCUT2D eigenvalue weighted by Gasteiger charge is -2.50. The lowest BCUT2D eigenvalue weighted by Crippen LogP contribution is -2.68. The van der Waals surface area contributed by atoms with Crippen LogP contribution in [-0.4, -0.2) is 363 Å². The Morgan fingerprint density at radius 1 is 0.300 bits per heavy atom. The van der Waals surface area contributed by atoms with E-state index in [2.05, 4.69) is 5.32 Å². The van der Waals surface area contributed by atoms with Crippen LogP contribution in [0.5, 0.6) is 11.5 Å². The highest BCUT2D eigenvalue weighted by molar-refractivity contribution is 5.63. The summed E-state index contributed by atoms with van der Waals surface area (Å²) in [5.41, 5.74) is -2.58. The van der Waals surface area contributed by atoms with Crippen molar-refractivity contribution >= 4 is 5.69 Å². The summed E-state index contributed by atoms with van der Waals surface area (Å²) in [6.07, 6.45) is -72.3. The summed E-state index contributed by atoms with van der Waals surface area (Å²) >= 11 is 0. The molecule has 0 radical (unpaired) electrons. The van der Waals surface area contributed by atoms with Gasteiger partial charge in [-0.25, -0.2) is 0 Å². The first-order valence-electron chi connectivity index (χ1n) is 28.6. The summed E-state index contributed by atoms with van der Waals surface area (Å²) in [5.74, 6) is -0.348. The van der Waals surface area contributed by atoms with E-state index < -0.39 is 283 Å². The van der Waals surface area contributed by atoms with Crippen LogP contribution in [-0.2, 0) is 66.3 Å². The van der Waals surface area contributed by atoms with E-state index in [9.17, 15) is 112 Å². The van der Waals surface area contributed by atoms with Gasteiger partial charge in [-0.15, -0.1) is 0 Å². The van der Waals surface area contributed by atoms with E-state index in [-0.39, 0.29) is 5.75 Å². The maximum absolute atomic E-state index is 13.0. The van der Waals surface area contributed by atoms with Crippen LogP contribution in [0, 0.1) is 0 Å². The van der Waals surface area contributed by atoms with Gasteiger partial charge in [-0.05, 0) is 12.1 Å². The molecule has 23 rings (SSSR count). The molecule has 0 unspecified atom stereocenters. The van der Waals surface area contributed by atoms with Crippen molar-refractivity contribution in [2.75, 3.05) is 51.5 Å². The lowest BCUT2D eigenvalue weighted by molar-refractivity contribution is -0.396. The van der Waals surface area contributed by atoms with Gasteiger partial charge in [0.2, 0.25) is 5.75 Å². The van der Waals surface area contributed by atoms with E-state index in [0.717, 1.165) is 0 Å². The van der Waals surface area contributed by atoms with E-state index in [0.29, 0.717) is 0 Å². The molecule has 38 heteroatoms. The van der Waals surface area contributed by atoms with E-state index in [4.69, 9.17) is 71.1 Å². The second-order valence-electron chi connectivity index (χ2n) is 22.6. The number of anilines is 1. The Kier molecular flexibility index (Phi) is 22.6. The Morgan fingerprint density at radius 2 is 0.522 bits per heavy atom. The van der Waals surface area contributed by atoms with Gasteiger partial charge in [0.25, 0.3) is 10.9 Å². The number of nitrogens with one attached hydrogen (secondary N) is 1. The van der Waals surface area contributed by atoms with Crippen molar-refractivity contribution in [2.24, 2.45) is 0 Å². The summed E-state index contributed by atoms with van der Waals surface area (Å²) < 4.78 is 86.7. The van der Waals surface area contributed by atoms with Crippen LogP contribution in [0.3, 0.4) is 0 Å². The first-order valence-corrected chi connectivity index (χ1v) is 28.6. The largest absolute Gasteiger partial charge is 0.451 e. The minimum Gasteiger partial charge on any atom is -0.451 e. The first kappa shape index (κ1) is 69.4. The van der Waals surface area contributed by atoms with Crippen LogP contribution < -0.4 is 20.9 Å². The topological polar surface area (TPSA) is 589 Å². The van der Waals surface area contributed by atoms with E-state index >= 15 is 0 Å². The van der Waals surface area contributed by atoms with Crippen molar-refractivity contribution < 1.29 is 173 Å². The van der Waals surface area contributed by atoms with Crippen molar-refractivity contribution in [3.8, 4) is 11.5 Å². The zero-order chi connectivity index (χ0) is 64.9. The fraction of sp³-hybridized carbons (Fsp3) is 0.808. The molecule has 0 aliphatic carbocycles. The third kappa shape index (κ3) is 13.4. The third-order valence-electron chi connectivity index (χ3n) is 16.9. The third-order valence-corrected chi connectivity index (χ3v) is 16.9. The molecule has 2 aromatic carbocycles. The quantitative estimate of drug-likeness (QED) is 0.0929. The molecule has 21 fully saturated rings. The monoisotopic (exact) mass is 1310 g/mol. The molecule has 21 aliphatic rings. The number of rotatable bonds is 11. The fourth-order valence-corrected chi connectivity index (χ4v) is 11.9. The molecule has 510 valence electrons. The fourth-order valence-electron chi connectivity index (χ4n) is 11.9. The van der Waals surface area contributed by atoms with Crippen molar-refractivity contribution in [3.05, 3.63) is 50.8 Å². The Balaban J connectivity index is 0.954. The number of benzene rings is 1. The van der Waals surface area contributed by atoms with Crippen LogP contribution in [0.15, 0.2) is 39.9 Å². The van der Waals surface area contributed by atoms with Gasteiger partial charge in [-0.1, -0.05) is 18.2 Å². The van der Waals surface area contributed by atoms with Gasteiger partial charge in [0.1, 0.15) is 182 Å². The highest BCUT2D eigenvalue weighted by atomic mass is 16.8. The van der Waals surface area contributed by atoms with Crippen molar-refractivity contribution in [1.82, 2.24) is 0 Å². The van der Waals surface area contributed by atoms with E-state index in [1.807, 2.05) is 0 Å². The van der Waals surface area contributed by atoms with Gasteiger partial charge in [0.15, 0.2) is 44.0 Å². The SMILES string of the molecule is O=c1c(NC[C@H]2O[C@@H]3O[C@H]4[C@H](O)[C@@H](O)[C@@H](O[C@H]5[C@H](O)[C@@H](O)[C@@H](O[C@H]6[C@H](O)[C@@H](O)[C@@H](O[C@H]7[C@H](O)[C@@H](O)[C@@H](O[C@H]8[C@H](O)[C@@H](O)[C@@H](O[C@H]9[C@H](O)[C@@H](O)[C@@H](O[C@H]2[C@H](O)[C@H]3O)O[C@@H]9CO)O[C@@H]8CO)O[C@@H]7CO)O[C@@H]6CO)O[C@@H]5CO)O[C@@H]4CO)c(Oc2ccccc2)c1=O. The number of ether oxygens (including phenoxy) is 15. The van der Waals surface area contributed by atoms with Crippen LogP contribution >= 0.6 is 0 Å². The zero-order valence-electron chi connectivity index (χ0n) is 46.9. The molecule has 0 saturated carbocycles. The molecule has 38 nitrogen and oxygen atoms in total. The average Bonchev–Trinajstić information content (AvgIpc) is 0.841. The van der Waals surface area contributed by atoms with Crippen molar-refractivity contribution in [2.45, 2.75) is 215 Å². The highest BCUT2D eigenvalue weighted by Gasteiger charge is 2.60. The Morgan fingerprint density at radius 3 is 0.756 bits per heavy atom. The average molecular weight is 1310 g/mol. The summed E-state index contributed by atoms with van der Waals surface area (Å²) in [4.78, 5) is 25.8. The number of hydrogen-bond acceptors (Lipinski definition) is 38. The van der Waals surface area contributed by atoms with E-state index in [1.165, 1.54) is 12.1 Å². The minimum absolute atomic E-state index is 0.127. The minimum atomic E-state index is -2.31. The van der Waals surface area contributed by atoms with Gasteiger partial charge >= 0.3 is 0 Å². The number of hydrogen-bond donors (Lipinski definition) is 21. The van der Waals surface area contributed by atoms with Gasteiger partial charge in [0, 0.05) is 6.54 Å². The normalized spacial score (nSPS) is 49.0. The second-order valence-corrected chi connectivity index (χ2v) is 22.6. The molecule has 21 N–H and O–H groups in total. The number of aliphatic hydroxyl groups excluding tert-OH is 20. The van der Waals surface area contributed by atoms with Crippen LogP contribution in [0.2, 0.25) is 0 Å². The molecule has 0 spiro atoms. The molecule has 21 saturated heterocycles. The molecule has 0 amide bonds. The summed E-state index contributed by atoms with van der Waals surface area (Å²) in [5, 5.41) is 227. The maximum atomic E-state index is 13.0. The Labute approximate surface area is 506 Å². The second kappa shape index (κ2) is 29.3. The van der Waals surface area contributed by atoms with Gasteiger partial charge < -0.3 is 179 Å². The van der Waals surface area contributed by atoms with Crippen LogP contribution in [0.25, 0.3) is 0 Å². The predicted octanol–water partition coefficient (Wildman–Crippen LogP) is -13.7. The summed E-state index contributed by atoms with van der Waals surface area (Å²) in [6, 6.07) is 7.70. The van der Waals surface area contributed by atoms with Crippen LogP contribution in [0.4, 0.5) is 5.69 Å². The molecule has 0 aromatic heterocycles. The summed E-state index contributed by atoms with van der Waals surface area (Å²) in [7, 11) is 0. The first-order chi connectivity index (χ1) is 43.0. The van der Waals surface area contributed by atoms with Crippen molar-refractivity contribution in [1.29, 1.82) is 0 Å². The summed E-state index contributed by atoms with van der Waals surface area (Å²) in [6.45, 7) is -7.23. The van der Waals surface area contributed by atoms with Gasteiger partial charge in [-0.3, -0.25) is 9.59 Å².